The Bertz CT molecular complexity index is 521. The van der Waals surface area contributed by atoms with Crippen molar-refractivity contribution in [2.45, 2.75) is 0 Å². The molecule has 0 saturated carbocycles. The zero-order valence-electron chi connectivity index (χ0n) is 10.2. The second kappa shape index (κ2) is 4.37. The lowest BCUT2D eigenvalue weighted by atomic mass is 10.2. The summed E-state index contributed by atoms with van der Waals surface area (Å²) in [6, 6.07) is 7.75. The van der Waals surface area contributed by atoms with E-state index in [2.05, 4.69) is 5.10 Å². The fourth-order valence-corrected chi connectivity index (χ4v) is 1.78. The molecule has 17 heavy (non-hydrogen) atoms. The van der Waals surface area contributed by atoms with Crippen LogP contribution in [0.3, 0.4) is 0 Å². The molecule has 0 radical (unpaired) electrons. The van der Waals surface area contributed by atoms with Crippen LogP contribution in [0.4, 0.5) is 17.2 Å². The van der Waals surface area contributed by atoms with E-state index in [-0.39, 0.29) is 0 Å². The van der Waals surface area contributed by atoms with Crippen molar-refractivity contribution in [2.24, 2.45) is 7.05 Å². The molecule has 0 aliphatic carbocycles. The van der Waals surface area contributed by atoms with Crippen molar-refractivity contribution in [1.82, 2.24) is 9.78 Å². The van der Waals surface area contributed by atoms with Gasteiger partial charge in [-0.3, -0.25) is 4.68 Å². The highest BCUT2D eigenvalue weighted by atomic mass is 16.5. The molecule has 0 aliphatic rings. The van der Waals surface area contributed by atoms with Crippen molar-refractivity contribution in [1.29, 1.82) is 0 Å². The number of aryl methyl sites for hydroxylation is 1. The number of hydrogen-bond donors (Lipinski definition) is 1. The number of rotatable bonds is 3. The summed E-state index contributed by atoms with van der Waals surface area (Å²) in [6.45, 7) is 0. The second-order valence-corrected chi connectivity index (χ2v) is 3.81. The summed E-state index contributed by atoms with van der Waals surface area (Å²) < 4.78 is 7.01. The first-order chi connectivity index (χ1) is 8.13. The van der Waals surface area contributed by atoms with Crippen LogP contribution >= 0.6 is 0 Å². The summed E-state index contributed by atoms with van der Waals surface area (Å²) in [6.07, 6.45) is 1.78. The number of para-hydroxylation sites is 2. The van der Waals surface area contributed by atoms with Crippen LogP contribution < -0.4 is 15.4 Å². The Morgan fingerprint density at radius 3 is 2.65 bits per heavy atom. The fourth-order valence-electron chi connectivity index (χ4n) is 1.78. The van der Waals surface area contributed by atoms with Crippen molar-refractivity contribution in [2.75, 3.05) is 24.8 Å². The number of methoxy groups -OCH3 is 1. The van der Waals surface area contributed by atoms with Crippen molar-refractivity contribution in [3.05, 3.63) is 30.5 Å². The number of nitrogens with zero attached hydrogens (tertiary/aromatic N) is 3. The molecule has 5 nitrogen and oxygen atoms in total. The molecule has 0 saturated heterocycles. The monoisotopic (exact) mass is 232 g/mol. The first-order valence-corrected chi connectivity index (χ1v) is 5.29. The largest absolute Gasteiger partial charge is 0.495 e. The maximum Gasteiger partial charge on any atom is 0.178 e. The summed E-state index contributed by atoms with van der Waals surface area (Å²) in [7, 11) is 5.40. The number of aromatic nitrogens is 2. The van der Waals surface area contributed by atoms with E-state index < -0.39 is 0 Å². The standard InChI is InChI=1S/C12H16N4O/c1-15-8-9(13)12(14-15)16(2)10-6-4-5-7-11(10)17-3/h4-8H,13H2,1-3H3. The SMILES string of the molecule is COc1ccccc1N(C)c1nn(C)cc1N. The second-order valence-electron chi connectivity index (χ2n) is 3.81. The normalized spacial score (nSPS) is 10.3. The van der Waals surface area contributed by atoms with Crippen LogP contribution in [-0.4, -0.2) is 23.9 Å². The quantitative estimate of drug-likeness (QED) is 0.876. The van der Waals surface area contributed by atoms with Gasteiger partial charge in [0.1, 0.15) is 5.75 Å². The van der Waals surface area contributed by atoms with Crippen molar-refractivity contribution < 1.29 is 4.74 Å². The van der Waals surface area contributed by atoms with Gasteiger partial charge in [-0.2, -0.15) is 5.10 Å². The van der Waals surface area contributed by atoms with Crippen LogP contribution in [0.1, 0.15) is 0 Å². The Morgan fingerprint density at radius 1 is 1.35 bits per heavy atom. The van der Waals surface area contributed by atoms with E-state index in [9.17, 15) is 0 Å². The molecule has 0 fully saturated rings. The van der Waals surface area contributed by atoms with Crippen LogP contribution in [0.5, 0.6) is 5.75 Å². The molecule has 1 aromatic carbocycles. The Hall–Kier alpha value is -2.17. The van der Waals surface area contributed by atoms with Crippen LogP contribution in [-0.2, 0) is 7.05 Å². The molecule has 0 atom stereocenters. The molecular formula is C12H16N4O. The smallest absolute Gasteiger partial charge is 0.178 e. The average Bonchev–Trinajstić information content (AvgIpc) is 2.67. The fraction of sp³-hybridized carbons (Fsp3) is 0.250. The van der Waals surface area contributed by atoms with Crippen LogP contribution in [0.15, 0.2) is 30.5 Å². The van der Waals surface area contributed by atoms with E-state index in [1.54, 1.807) is 18.0 Å². The third kappa shape index (κ3) is 2.04. The Balaban J connectivity index is 2.43. The third-order valence-corrected chi connectivity index (χ3v) is 2.60. The minimum atomic E-state index is 0.640. The molecule has 1 heterocycles. The Kier molecular flexibility index (Phi) is 2.91. The maximum atomic E-state index is 5.91. The number of hydrogen-bond acceptors (Lipinski definition) is 4. The lowest BCUT2D eigenvalue weighted by molar-refractivity contribution is 0.415. The van der Waals surface area contributed by atoms with E-state index in [4.69, 9.17) is 10.5 Å². The Labute approximate surface area is 100 Å². The molecule has 0 aliphatic heterocycles. The molecule has 2 aromatic rings. The highest BCUT2D eigenvalue weighted by molar-refractivity contribution is 5.73. The molecule has 0 spiro atoms. The lowest BCUT2D eigenvalue weighted by Crippen LogP contribution is -2.13. The Morgan fingerprint density at radius 2 is 2.06 bits per heavy atom. The van der Waals surface area contributed by atoms with E-state index in [1.807, 2.05) is 43.3 Å². The van der Waals surface area contributed by atoms with Gasteiger partial charge in [0.15, 0.2) is 5.82 Å². The van der Waals surface area contributed by atoms with Crippen molar-refractivity contribution in [3.63, 3.8) is 0 Å². The zero-order valence-corrected chi connectivity index (χ0v) is 10.2. The highest BCUT2D eigenvalue weighted by Gasteiger charge is 2.14. The lowest BCUT2D eigenvalue weighted by Gasteiger charge is -2.19. The van der Waals surface area contributed by atoms with Gasteiger partial charge in [0.25, 0.3) is 0 Å². The summed E-state index contributed by atoms with van der Waals surface area (Å²) in [5.41, 5.74) is 7.48. The van der Waals surface area contributed by atoms with E-state index in [0.717, 1.165) is 17.3 Å². The summed E-state index contributed by atoms with van der Waals surface area (Å²) in [5.74, 6) is 1.51. The highest BCUT2D eigenvalue weighted by Crippen LogP contribution is 2.33. The summed E-state index contributed by atoms with van der Waals surface area (Å²) >= 11 is 0. The molecular weight excluding hydrogens is 216 g/mol. The molecule has 2 N–H and O–H groups in total. The topological polar surface area (TPSA) is 56.3 Å². The van der Waals surface area contributed by atoms with Gasteiger partial charge in [-0.1, -0.05) is 12.1 Å². The molecule has 1 aromatic heterocycles. The van der Waals surface area contributed by atoms with Gasteiger partial charge in [0, 0.05) is 20.3 Å². The van der Waals surface area contributed by atoms with E-state index in [0.29, 0.717) is 5.69 Å². The molecule has 2 rings (SSSR count). The van der Waals surface area contributed by atoms with Gasteiger partial charge < -0.3 is 15.4 Å². The molecule has 0 unspecified atom stereocenters. The molecule has 90 valence electrons. The van der Waals surface area contributed by atoms with Gasteiger partial charge in [0.2, 0.25) is 0 Å². The van der Waals surface area contributed by atoms with Gasteiger partial charge in [-0.15, -0.1) is 0 Å². The van der Waals surface area contributed by atoms with Gasteiger partial charge in [0.05, 0.1) is 18.5 Å². The van der Waals surface area contributed by atoms with E-state index >= 15 is 0 Å². The maximum absolute atomic E-state index is 5.91. The predicted molar refractivity (Wildman–Crippen MR) is 68.7 cm³/mol. The van der Waals surface area contributed by atoms with Crippen LogP contribution in [0.25, 0.3) is 0 Å². The first kappa shape index (κ1) is 11.3. The zero-order chi connectivity index (χ0) is 12.4. The molecule has 0 amide bonds. The number of nitrogen functional groups attached to an aromatic ring is 1. The van der Waals surface area contributed by atoms with Gasteiger partial charge in [-0.05, 0) is 12.1 Å². The molecule has 5 heteroatoms. The number of ether oxygens (including phenoxy) is 1. The summed E-state index contributed by atoms with van der Waals surface area (Å²) in [4.78, 5) is 1.91. The van der Waals surface area contributed by atoms with Gasteiger partial charge in [-0.25, -0.2) is 0 Å². The minimum Gasteiger partial charge on any atom is -0.495 e. The van der Waals surface area contributed by atoms with Crippen LogP contribution in [0, 0.1) is 0 Å². The first-order valence-electron chi connectivity index (χ1n) is 5.29. The van der Waals surface area contributed by atoms with Crippen LogP contribution in [0.2, 0.25) is 0 Å². The van der Waals surface area contributed by atoms with Crippen molar-refractivity contribution in [3.8, 4) is 5.75 Å². The van der Waals surface area contributed by atoms with Gasteiger partial charge >= 0.3 is 0 Å². The number of anilines is 3. The molecule has 0 bridgehead atoms. The predicted octanol–water partition coefficient (Wildman–Crippen LogP) is 1.78. The minimum absolute atomic E-state index is 0.640. The van der Waals surface area contributed by atoms with Crippen molar-refractivity contribution >= 4 is 17.2 Å². The van der Waals surface area contributed by atoms with E-state index in [1.165, 1.54) is 0 Å². The number of benzene rings is 1. The summed E-state index contributed by atoms with van der Waals surface area (Å²) in [5, 5.41) is 4.32. The average molecular weight is 232 g/mol. The third-order valence-electron chi connectivity index (χ3n) is 2.60. The number of nitrogens with two attached hydrogens (primary N) is 1.